The number of aromatic nitrogens is 1. The van der Waals surface area contributed by atoms with Crippen LogP contribution < -0.4 is 5.32 Å². The van der Waals surface area contributed by atoms with Gasteiger partial charge in [0, 0.05) is 18.9 Å². The Morgan fingerprint density at radius 2 is 1.86 bits per heavy atom. The molecule has 0 saturated heterocycles. The highest BCUT2D eigenvalue weighted by Gasteiger charge is 2.42. The number of nitrogens with zero attached hydrogens (tertiary/aromatic N) is 1. The van der Waals surface area contributed by atoms with Crippen LogP contribution in [0.3, 0.4) is 0 Å². The number of pyridine rings is 1. The molecule has 1 aromatic carbocycles. The van der Waals surface area contributed by atoms with E-state index in [4.69, 9.17) is 0 Å². The maximum atomic E-state index is 13.1. The maximum Gasteiger partial charge on any atom is 0.269 e. The molecular weight excluding hydrogens is 359 g/mol. The van der Waals surface area contributed by atoms with Gasteiger partial charge in [0.1, 0.15) is 17.4 Å². The number of benzene rings is 1. The van der Waals surface area contributed by atoms with Crippen LogP contribution in [0.1, 0.15) is 51.5 Å². The smallest absolute Gasteiger partial charge is 0.269 e. The summed E-state index contributed by atoms with van der Waals surface area (Å²) in [6.45, 7) is 6.06. The molecule has 5 nitrogen and oxygen atoms in total. The molecule has 1 aromatic heterocycles. The van der Waals surface area contributed by atoms with E-state index in [0.717, 1.165) is 28.3 Å². The number of halogens is 1. The van der Waals surface area contributed by atoms with Crippen LogP contribution in [-0.4, -0.2) is 29.0 Å². The molecule has 1 amide bonds. The molecule has 2 atom stereocenters. The lowest BCUT2D eigenvalue weighted by Gasteiger charge is -2.16. The molecule has 0 unspecified atom stereocenters. The van der Waals surface area contributed by atoms with E-state index in [1.54, 1.807) is 0 Å². The van der Waals surface area contributed by atoms with Gasteiger partial charge in [-0.25, -0.2) is 4.98 Å². The van der Waals surface area contributed by atoms with E-state index in [2.05, 4.69) is 10.3 Å². The van der Waals surface area contributed by atoms with Gasteiger partial charge in [-0.2, -0.15) is 4.39 Å². The molecule has 0 spiro atoms. The van der Waals surface area contributed by atoms with E-state index < -0.39 is 23.7 Å². The predicted octanol–water partition coefficient (Wildman–Crippen LogP) is 3.21. The monoisotopic (exact) mass is 382 g/mol. The molecular formula is C22H23FN2O3. The summed E-state index contributed by atoms with van der Waals surface area (Å²) in [5.41, 5.74) is 3.81. The Labute approximate surface area is 163 Å². The summed E-state index contributed by atoms with van der Waals surface area (Å²) in [7, 11) is 0. The van der Waals surface area contributed by atoms with Gasteiger partial charge < -0.3 is 5.32 Å². The Balaban J connectivity index is 1.65. The van der Waals surface area contributed by atoms with E-state index in [-0.39, 0.29) is 30.2 Å². The molecule has 1 saturated carbocycles. The molecule has 1 aliphatic carbocycles. The van der Waals surface area contributed by atoms with E-state index >= 15 is 0 Å². The van der Waals surface area contributed by atoms with Crippen LogP contribution in [0.4, 0.5) is 4.39 Å². The minimum Gasteiger partial charge on any atom is -0.351 e. The standard InChI is InChI=1S/C22H23FN2O3/c1-12-9-13(2)19(14(3)10-12)20-17(26)11-15(21(20)27)7-8-24-22(28)16-5-4-6-18(23)25-16/h4-6,9-10,15,20H,7-8,11H2,1-3H3,(H,24,28)/t15-,20+/m0/s1. The zero-order chi connectivity index (χ0) is 20.4. The van der Waals surface area contributed by atoms with Gasteiger partial charge >= 0.3 is 0 Å². The summed E-state index contributed by atoms with van der Waals surface area (Å²) < 4.78 is 13.1. The van der Waals surface area contributed by atoms with Gasteiger partial charge in [0.2, 0.25) is 5.95 Å². The highest BCUT2D eigenvalue weighted by atomic mass is 19.1. The highest BCUT2D eigenvalue weighted by Crippen LogP contribution is 2.37. The van der Waals surface area contributed by atoms with Crippen molar-refractivity contribution in [1.82, 2.24) is 10.3 Å². The number of hydrogen-bond donors (Lipinski definition) is 1. The zero-order valence-electron chi connectivity index (χ0n) is 16.2. The van der Waals surface area contributed by atoms with Gasteiger partial charge in [0.05, 0.1) is 0 Å². The van der Waals surface area contributed by atoms with Crippen molar-refractivity contribution < 1.29 is 18.8 Å². The Hall–Kier alpha value is -2.89. The second-order valence-electron chi connectivity index (χ2n) is 7.41. The van der Waals surface area contributed by atoms with E-state index in [9.17, 15) is 18.8 Å². The molecule has 0 bridgehead atoms. The van der Waals surface area contributed by atoms with Gasteiger partial charge in [0.15, 0.2) is 5.78 Å². The summed E-state index contributed by atoms with van der Waals surface area (Å²) in [5, 5.41) is 2.64. The van der Waals surface area contributed by atoms with Crippen molar-refractivity contribution in [3.05, 3.63) is 64.2 Å². The number of ketones is 2. The first-order valence-corrected chi connectivity index (χ1v) is 9.33. The lowest BCUT2D eigenvalue weighted by molar-refractivity contribution is -0.124. The zero-order valence-corrected chi connectivity index (χ0v) is 16.2. The topological polar surface area (TPSA) is 76.1 Å². The van der Waals surface area contributed by atoms with Crippen LogP contribution in [0.2, 0.25) is 0 Å². The van der Waals surface area contributed by atoms with Gasteiger partial charge in [-0.05, 0) is 56.0 Å². The molecule has 1 fully saturated rings. The summed E-state index contributed by atoms with van der Waals surface area (Å²) in [6, 6.07) is 7.97. The Kier molecular flexibility index (Phi) is 5.68. The molecule has 0 aliphatic heterocycles. The second-order valence-corrected chi connectivity index (χ2v) is 7.41. The molecule has 1 N–H and O–H groups in total. The van der Waals surface area contributed by atoms with Gasteiger partial charge in [-0.3, -0.25) is 14.4 Å². The number of carbonyl (C=O) groups excluding carboxylic acids is 3. The van der Waals surface area contributed by atoms with Crippen molar-refractivity contribution in [1.29, 1.82) is 0 Å². The minimum absolute atomic E-state index is 0.0161. The van der Waals surface area contributed by atoms with E-state index in [1.807, 2.05) is 32.9 Å². The number of rotatable bonds is 5. The van der Waals surface area contributed by atoms with Crippen molar-refractivity contribution >= 4 is 17.5 Å². The van der Waals surface area contributed by atoms with Gasteiger partial charge in [-0.15, -0.1) is 0 Å². The first kappa shape index (κ1) is 19.9. The Morgan fingerprint density at radius 3 is 2.50 bits per heavy atom. The average Bonchev–Trinajstić information content (AvgIpc) is 2.89. The molecule has 6 heteroatoms. The fourth-order valence-electron chi connectivity index (χ4n) is 4.03. The lowest BCUT2D eigenvalue weighted by Crippen LogP contribution is -2.28. The minimum atomic E-state index is -0.726. The highest BCUT2D eigenvalue weighted by molar-refractivity contribution is 6.15. The number of nitrogens with one attached hydrogen (secondary N) is 1. The third-order valence-electron chi connectivity index (χ3n) is 5.21. The third kappa shape index (κ3) is 4.01. The largest absolute Gasteiger partial charge is 0.351 e. The van der Waals surface area contributed by atoms with Crippen LogP contribution in [0, 0.1) is 32.6 Å². The molecule has 0 radical (unpaired) electrons. The fourth-order valence-corrected chi connectivity index (χ4v) is 4.03. The normalized spacial score (nSPS) is 19.1. The van der Waals surface area contributed by atoms with E-state index in [1.165, 1.54) is 12.1 Å². The van der Waals surface area contributed by atoms with Crippen molar-refractivity contribution in [3.8, 4) is 0 Å². The average molecular weight is 382 g/mol. The summed E-state index contributed by atoms with van der Waals surface area (Å²) >= 11 is 0. The predicted molar refractivity (Wildman–Crippen MR) is 103 cm³/mol. The quantitative estimate of drug-likeness (QED) is 0.636. The number of Topliss-reactive ketones (excluding diaryl/α,β-unsaturated/α-hetero) is 2. The fraction of sp³-hybridized carbons (Fsp3) is 0.364. The van der Waals surface area contributed by atoms with Crippen LogP contribution in [-0.2, 0) is 9.59 Å². The van der Waals surface area contributed by atoms with E-state index in [0.29, 0.717) is 6.42 Å². The Morgan fingerprint density at radius 1 is 1.18 bits per heavy atom. The maximum absolute atomic E-state index is 13.1. The van der Waals surface area contributed by atoms with Crippen LogP contribution in [0.5, 0.6) is 0 Å². The van der Waals surface area contributed by atoms with Crippen molar-refractivity contribution in [2.45, 2.75) is 39.5 Å². The number of carbonyl (C=O) groups is 3. The van der Waals surface area contributed by atoms with Crippen LogP contribution in [0.25, 0.3) is 0 Å². The van der Waals surface area contributed by atoms with Crippen LogP contribution >= 0.6 is 0 Å². The first-order chi connectivity index (χ1) is 13.3. The lowest BCUT2D eigenvalue weighted by atomic mass is 9.86. The van der Waals surface area contributed by atoms with Crippen molar-refractivity contribution in [3.63, 3.8) is 0 Å². The summed E-state index contributed by atoms with van der Waals surface area (Å²) in [6.07, 6.45) is 0.552. The third-order valence-corrected chi connectivity index (χ3v) is 5.21. The van der Waals surface area contributed by atoms with Crippen molar-refractivity contribution in [2.75, 3.05) is 6.54 Å². The second kappa shape index (κ2) is 8.00. The molecule has 1 heterocycles. The molecule has 146 valence electrons. The first-order valence-electron chi connectivity index (χ1n) is 9.33. The van der Waals surface area contributed by atoms with Gasteiger partial charge in [0.25, 0.3) is 5.91 Å². The SMILES string of the molecule is Cc1cc(C)c([C@H]2C(=O)C[C@H](CCNC(=O)c3cccc(F)n3)C2=O)c(C)c1. The number of amides is 1. The molecule has 2 aromatic rings. The summed E-state index contributed by atoms with van der Waals surface area (Å²) in [5.74, 6) is -2.51. The van der Waals surface area contributed by atoms with Crippen LogP contribution in [0.15, 0.2) is 30.3 Å². The molecule has 1 aliphatic rings. The van der Waals surface area contributed by atoms with Gasteiger partial charge in [-0.1, -0.05) is 23.8 Å². The molecule has 28 heavy (non-hydrogen) atoms. The van der Waals surface area contributed by atoms with Crippen molar-refractivity contribution in [2.24, 2.45) is 5.92 Å². The molecule has 3 rings (SSSR count). The Bertz CT molecular complexity index is 932. The number of aryl methyl sites for hydroxylation is 3. The number of hydrogen-bond acceptors (Lipinski definition) is 4. The summed E-state index contributed by atoms with van der Waals surface area (Å²) in [4.78, 5) is 41.0.